The number of rotatable bonds is 8. The van der Waals surface area contributed by atoms with Crippen molar-refractivity contribution in [2.75, 3.05) is 27.2 Å². The van der Waals surface area contributed by atoms with Gasteiger partial charge in [-0.25, -0.2) is 0 Å². The highest BCUT2D eigenvalue weighted by Gasteiger charge is 2.04. The van der Waals surface area contributed by atoms with Crippen molar-refractivity contribution < 1.29 is 4.79 Å². The number of hydrogen-bond donors (Lipinski definition) is 3. The van der Waals surface area contributed by atoms with Crippen molar-refractivity contribution in [2.24, 2.45) is 10.9 Å². The lowest BCUT2D eigenvalue weighted by Crippen LogP contribution is -2.38. The quantitative estimate of drug-likeness (QED) is 0.249. The molecule has 1 aromatic carbocycles. The summed E-state index contributed by atoms with van der Waals surface area (Å²) in [7, 11) is 3.43. The van der Waals surface area contributed by atoms with Crippen molar-refractivity contribution in [1.29, 1.82) is 0 Å². The van der Waals surface area contributed by atoms with E-state index in [0.717, 1.165) is 43.4 Å². The van der Waals surface area contributed by atoms with Crippen molar-refractivity contribution in [1.82, 2.24) is 16.0 Å². The summed E-state index contributed by atoms with van der Waals surface area (Å²) in [6.07, 6.45) is 3.21. The molecule has 0 spiro atoms. The average Bonchev–Trinajstić information content (AvgIpc) is 2.56. The van der Waals surface area contributed by atoms with E-state index in [0.29, 0.717) is 5.56 Å². The van der Waals surface area contributed by atoms with E-state index in [1.165, 1.54) is 6.42 Å². The van der Waals surface area contributed by atoms with Crippen LogP contribution in [-0.4, -0.2) is 39.1 Å². The number of guanidine groups is 1. The molecular formula is C18H31IN4O. The molecule has 5 nitrogen and oxygen atoms in total. The summed E-state index contributed by atoms with van der Waals surface area (Å²) in [5.74, 6) is 1.51. The minimum Gasteiger partial charge on any atom is -0.356 e. The topological polar surface area (TPSA) is 65.5 Å². The van der Waals surface area contributed by atoms with Crippen LogP contribution in [0.2, 0.25) is 0 Å². The van der Waals surface area contributed by atoms with Crippen LogP contribution >= 0.6 is 24.0 Å². The van der Waals surface area contributed by atoms with Gasteiger partial charge >= 0.3 is 0 Å². The number of carbonyl (C=O) groups excluding carboxylic acids is 1. The average molecular weight is 446 g/mol. The summed E-state index contributed by atoms with van der Waals surface area (Å²) in [6.45, 7) is 6.19. The van der Waals surface area contributed by atoms with Crippen molar-refractivity contribution in [3.63, 3.8) is 0 Å². The predicted molar refractivity (Wildman–Crippen MR) is 112 cm³/mol. The molecule has 0 aliphatic carbocycles. The van der Waals surface area contributed by atoms with E-state index < -0.39 is 0 Å². The van der Waals surface area contributed by atoms with Gasteiger partial charge in [-0.15, -0.1) is 24.0 Å². The molecule has 1 amide bonds. The Morgan fingerprint density at radius 2 is 1.92 bits per heavy atom. The molecule has 0 unspecified atom stereocenters. The van der Waals surface area contributed by atoms with Crippen LogP contribution in [0.5, 0.6) is 0 Å². The van der Waals surface area contributed by atoms with Gasteiger partial charge in [0, 0.05) is 32.7 Å². The zero-order valence-corrected chi connectivity index (χ0v) is 17.5. The van der Waals surface area contributed by atoms with Gasteiger partial charge < -0.3 is 16.0 Å². The monoisotopic (exact) mass is 446 g/mol. The van der Waals surface area contributed by atoms with E-state index in [-0.39, 0.29) is 29.9 Å². The molecule has 24 heavy (non-hydrogen) atoms. The summed E-state index contributed by atoms with van der Waals surface area (Å²) in [6, 6.07) is 7.70. The number of aliphatic imine (C=N–C) groups is 1. The van der Waals surface area contributed by atoms with Crippen molar-refractivity contribution in [2.45, 2.75) is 33.1 Å². The smallest absolute Gasteiger partial charge is 0.251 e. The van der Waals surface area contributed by atoms with E-state index in [2.05, 4.69) is 34.8 Å². The third-order valence-electron chi connectivity index (χ3n) is 3.60. The lowest BCUT2D eigenvalue weighted by molar-refractivity contribution is 0.0963. The largest absolute Gasteiger partial charge is 0.356 e. The van der Waals surface area contributed by atoms with Gasteiger partial charge in [0.05, 0.1) is 0 Å². The molecule has 0 fully saturated rings. The maximum absolute atomic E-state index is 11.6. The van der Waals surface area contributed by atoms with Crippen molar-refractivity contribution >= 4 is 35.8 Å². The Morgan fingerprint density at radius 3 is 2.54 bits per heavy atom. The van der Waals surface area contributed by atoms with Gasteiger partial charge in [0.1, 0.15) is 0 Å². The molecule has 1 rings (SSSR count). The number of nitrogens with one attached hydrogen (secondary N) is 3. The first-order valence-electron chi connectivity index (χ1n) is 8.32. The Labute approximate surface area is 163 Å². The lowest BCUT2D eigenvalue weighted by atomic mass is 10.1. The number of halogens is 1. The molecule has 0 saturated carbocycles. The highest BCUT2D eigenvalue weighted by atomic mass is 127. The number of hydrogen-bond acceptors (Lipinski definition) is 2. The van der Waals surface area contributed by atoms with Gasteiger partial charge in [-0.05, 0) is 42.9 Å². The van der Waals surface area contributed by atoms with Gasteiger partial charge in [0.25, 0.3) is 5.91 Å². The maximum atomic E-state index is 11.6. The molecule has 1 aromatic rings. The number of amides is 1. The van der Waals surface area contributed by atoms with Crippen LogP contribution in [0.4, 0.5) is 0 Å². The lowest BCUT2D eigenvalue weighted by Gasteiger charge is -2.12. The minimum atomic E-state index is -0.0533. The summed E-state index contributed by atoms with van der Waals surface area (Å²) >= 11 is 0. The first-order chi connectivity index (χ1) is 11.1. The first-order valence-corrected chi connectivity index (χ1v) is 8.32. The van der Waals surface area contributed by atoms with Crippen LogP contribution in [0.15, 0.2) is 29.3 Å². The van der Waals surface area contributed by atoms with Gasteiger partial charge in [-0.2, -0.15) is 0 Å². The molecule has 136 valence electrons. The zero-order valence-electron chi connectivity index (χ0n) is 15.2. The summed E-state index contributed by atoms with van der Waals surface area (Å²) in [4.78, 5) is 15.9. The van der Waals surface area contributed by atoms with Crippen LogP contribution in [0, 0.1) is 5.92 Å². The second-order valence-corrected chi connectivity index (χ2v) is 5.99. The molecule has 0 bridgehead atoms. The van der Waals surface area contributed by atoms with E-state index in [1.807, 2.05) is 24.3 Å². The van der Waals surface area contributed by atoms with Crippen LogP contribution in [0.25, 0.3) is 0 Å². The normalized spacial score (nSPS) is 11.0. The molecule has 0 heterocycles. The third kappa shape index (κ3) is 9.10. The fourth-order valence-corrected chi connectivity index (χ4v) is 2.28. The number of benzene rings is 1. The molecular weight excluding hydrogens is 415 g/mol. The Balaban J connectivity index is 0.00000529. The second-order valence-electron chi connectivity index (χ2n) is 5.99. The van der Waals surface area contributed by atoms with E-state index >= 15 is 0 Å². The van der Waals surface area contributed by atoms with E-state index in [9.17, 15) is 4.79 Å². The highest BCUT2D eigenvalue weighted by molar-refractivity contribution is 14.0. The molecule has 0 aliphatic rings. The molecule has 6 heteroatoms. The standard InChI is InChI=1S/C18H30N4O.HI/c1-14(2)7-6-11-21-18(20-4)22-12-10-15-8-5-9-16(13-15)17(23)19-3;/h5,8-9,13-14H,6-7,10-12H2,1-4H3,(H,19,23)(H2,20,21,22);1H. The first kappa shape index (κ1) is 22.7. The van der Waals surface area contributed by atoms with Crippen LogP contribution in [0.3, 0.4) is 0 Å². The van der Waals surface area contributed by atoms with Crippen LogP contribution in [-0.2, 0) is 6.42 Å². The van der Waals surface area contributed by atoms with E-state index in [1.54, 1.807) is 14.1 Å². The van der Waals surface area contributed by atoms with Gasteiger partial charge in [-0.1, -0.05) is 26.0 Å². The Morgan fingerprint density at radius 1 is 1.21 bits per heavy atom. The third-order valence-corrected chi connectivity index (χ3v) is 3.60. The Kier molecular flexibility index (Phi) is 12.3. The molecule has 3 N–H and O–H groups in total. The molecule has 0 aromatic heterocycles. The summed E-state index contributed by atoms with van der Waals surface area (Å²) in [5.41, 5.74) is 1.83. The van der Waals surface area contributed by atoms with Crippen LogP contribution in [0.1, 0.15) is 42.6 Å². The second kappa shape index (κ2) is 13.0. The molecule has 0 saturated heterocycles. The molecule has 0 radical (unpaired) electrons. The summed E-state index contributed by atoms with van der Waals surface area (Å²) in [5, 5.41) is 9.28. The zero-order chi connectivity index (χ0) is 17.1. The van der Waals surface area contributed by atoms with E-state index in [4.69, 9.17) is 0 Å². The summed E-state index contributed by atoms with van der Waals surface area (Å²) < 4.78 is 0. The van der Waals surface area contributed by atoms with Crippen LogP contribution < -0.4 is 16.0 Å². The van der Waals surface area contributed by atoms with Gasteiger partial charge in [0.15, 0.2) is 5.96 Å². The Bertz CT molecular complexity index is 517. The van der Waals surface area contributed by atoms with Gasteiger partial charge in [0.2, 0.25) is 0 Å². The minimum absolute atomic E-state index is 0. The van der Waals surface area contributed by atoms with Gasteiger partial charge in [-0.3, -0.25) is 9.79 Å². The maximum Gasteiger partial charge on any atom is 0.251 e. The number of carbonyl (C=O) groups is 1. The molecule has 0 atom stereocenters. The highest BCUT2D eigenvalue weighted by Crippen LogP contribution is 2.05. The predicted octanol–water partition coefficient (Wildman–Crippen LogP) is 2.81. The van der Waals surface area contributed by atoms with Crippen molar-refractivity contribution in [3.05, 3.63) is 35.4 Å². The molecule has 0 aliphatic heterocycles. The fourth-order valence-electron chi connectivity index (χ4n) is 2.28. The number of nitrogens with zero attached hydrogens (tertiary/aromatic N) is 1. The SMILES string of the molecule is CN=C(NCCCC(C)C)NCCc1cccc(C(=O)NC)c1.I. The fraction of sp³-hybridized carbons (Fsp3) is 0.556. The van der Waals surface area contributed by atoms with Crippen molar-refractivity contribution in [3.8, 4) is 0 Å². The Hall–Kier alpha value is -1.31.